The van der Waals surface area contributed by atoms with Gasteiger partial charge in [0.05, 0.1) is 22.7 Å². The molecule has 1 heterocycles. The Morgan fingerprint density at radius 3 is 2.67 bits per heavy atom. The number of amides is 2. The number of esters is 1. The highest BCUT2D eigenvalue weighted by Crippen LogP contribution is 2.37. The number of carbonyl (C=O) groups excluding carboxylic acids is 3. The third-order valence-corrected chi connectivity index (χ3v) is 5.33. The molecule has 0 N–H and O–H groups in total. The number of hydrogen-bond acceptors (Lipinski definition) is 7. The van der Waals surface area contributed by atoms with E-state index in [1.165, 1.54) is 21.1 Å². The van der Waals surface area contributed by atoms with Gasteiger partial charge in [0.1, 0.15) is 12.6 Å². The van der Waals surface area contributed by atoms with Gasteiger partial charge >= 0.3 is 5.97 Å². The number of thioether (sulfide) groups is 1. The summed E-state index contributed by atoms with van der Waals surface area (Å²) in [7, 11) is 2.72. The molecule has 0 aromatic heterocycles. The topological polar surface area (TPSA) is 82.1 Å². The van der Waals surface area contributed by atoms with Crippen LogP contribution >= 0.6 is 34.4 Å². The van der Waals surface area contributed by atoms with Gasteiger partial charge in [0.2, 0.25) is 0 Å². The molecule has 0 aliphatic carbocycles. The minimum Gasteiger partial charge on any atom is -0.493 e. The fourth-order valence-corrected chi connectivity index (χ4v) is 4.04. The van der Waals surface area contributed by atoms with Crippen molar-refractivity contribution in [3.8, 4) is 11.5 Å². The normalized spacial score (nSPS) is 16.4. The summed E-state index contributed by atoms with van der Waals surface area (Å²) in [6, 6.07) is 2.52. The fourth-order valence-electron chi connectivity index (χ4n) is 2.35. The van der Waals surface area contributed by atoms with Crippen LogP contribution in [0.3, 0.4) is 0 Å². The van der Waals surface area contributed by atoms with Crippen molar-refractivity contribution >= 4 is 57.5 Å². The minimum atomic E-state index is -0.988. The monoisotopic (exact) mass is 503 g/mol. The Kier molecular flexibility index (Phi) is 7.31. The third-order valence-electron chi connectivity index (χ3n) is 3.65. The summed E-state index contributed by atoms with van der Waals surface area (Å²) in [6.45, 7) is 5.39. The van der Waals surface area contributed by atoms with Crippen molar-refractivity contribution < 1.29 is 28.6 Å². The van der Waals surface area contributed by atoms with Crippen LogP contribution in [0.25, 0.3) is 6.08 Å². The number of nitrogens with zero attached hydrogens (tertiary/aromatic N) is 1. The molecule has 1 aliphatic rings. The molecule has 1 saturated heterocycles. The Morgan fingerprint density at radius 1 is 1.37 bits per heavy atom. The highest BCUT2D eigenvalue weighted by molar-refractivity contribution is 14.1. The molecule has 27 heavy (non-hydrogen) atoms. The fraction of sp³-hybridized carbons (Fsp3) is 0.278. The molecular weight excluding hydrogens is 485 g/mol. The van der Waals surface area contributed by atoms with E-state index in [1.807, 2.05) is 0 Å². The van der Waals surface area contributed by atoms with E-state index in [4.69, 9.17) is 9.47 Å². The van der Waals surface area contributed by atoms with Gasteiger partial charge in [-0.2, -0.15) is 0 Å². The first kappa shape index (κ1) is 21.3. The summed E-state index contributed by atoms with van der Waals surface area (Å²) in [5.41, 5.74) is 0.665. The zero-order valence-electron chi connectivity index (χ0n) is 15.0. The van der Waals surface area contributed by atoms with Crippen LogP contribution in [-0.4, -0.2) is 48.9 Å². The summed E-state index contributed by atoms with van der Waals surface area (Å²) in [4.78, 5) is 37.5. The molecule has 1 fully saturated rings. The molecule has 0 radical (unpaired) electrons. The first-order valence-electron chi connectivity index (χ1n) is 7.80. The highest BCUT2D eigenvalue weighted by atomic mass is 127. The molecule has 0 saturated carbocycles. The van der Waals surface area contributed by atoms with E-state index in [9.17, 15) is 14.4 Å². The minimum absolute atomic E-state index is 0.216. The molecule has 2 amide bonds. The molecule has 0 spiro atoms. The summed E-state index contributed by atoms with van der Waals surface area (Å²) in [5, 5.41) is -0.517. The molecule has 1 aliphatic heterocycles. The SMILES string of the molecule is C=CCOc1c(I)cc(/C=C2\SC(=O)N([C@@H](C)C(=O)OC)C2=O)cc1OC. The second-order valence-electron chi connectivity index (χ2n) is 5.38. The van der Waals surface area contributed by atoms with Crippen molar-refractivity contribution in [1.29, 1.82) is 0 Å². The molecule has 0 unspecified atom stereocenters. The summed E-state index contributed by atoms with van der Waals surface area (Å²) >= 11 is 2.87. The highest BCUT2D eigenvalue weighted by Gasteiger charge is 2.41. The van der Waals surface area contributed by atoms with Crippen molar-refractivity contribution in [2.45, 2.75) is 13.0 Å². The van der Waals surface area contributed by atoms with Crippen molar-refractivity contribution in [3.63, 3.8) is 0 Å². The summed E-state index contributed by atoms with van der Waals surface area (Å²) < 4.78 is 16.4. The predicted molar refractivity (Wildman–Crippen MR) is 111 cm³/mol. The van der Waals surface area contributed by atoms with E-state index in [-0.39, 0.29) is 4.91 Å². The van der Waals surface area contributed by atoms with Crippen molar-refractivity contribution in [3.05, 3.63) is 38.8 Å². The Hall–Kier alpha value is -2.01. The number of methoxy groups -OCH3 is 2. The van der Waals surface area contributed by atoms with E-state index < -0.39 is 23.2 Å². The van der Waals surface area contributed by atoms with Gasteiger partial charge in [0, 0.05) is 0 Å². The maximum Gasteiger partial charge on any atom is 0.328 e. The van der Waals surface area contributed by atoms with Gasteiger partial charge in [0.15, 0.2) is 11.5 Å². The second-order valence-corrected chi connectivity index (χ2v) is 7.54. The van der Waals surface area contributed by atoms with Gasteiger partial charge in [-0.3, -0.25) is 14.5 Å². The smallest absolute Gasteiger partial charge is 0.328 e. The number of ether oxygens (including phenoxy) is 3. The lowest BCUT2D eigenvalue weighted by atomic mass is 10.1. The third kappa shape index (κ3) is 4.64. The lowest BCUT2D eigenvalue weighted by Crippen LogP contribution is -2.42. The lowest BCUT2D eigenvalue weighted by molar-refractivity contribution is -0.148. The largest absolute Gasteiger partial charge is 0.493 e. The zero-order valence-corrected chi connectivity index (χ0v) is 18.0. The van der Waals surface area contributed by atoms with Crippen LogP contribution in [0.4, 0.5) is 4.79 Å². The molecule has 1 aromatic rings. The first-order chi connectivity index (χ1) is 12.8. The second kappa shape index (κ2) is 9.27. The Balaban J connectivity index is 2.35. The van der Waals surface area contributed by atoms with Crippen molar-refractivity contribution in [2.75, 3.05) is 20.8 Å². The molecule has 1 atom stereocenters. The van der Waals surface area contributed by atoms with Crippen molar-refractivity contribution in [1.82, 2.24) is 4.90 Å². The number of benzene rings is 1. The maximum atomic E-state index is 12.6. The maximum absolute atomic E-state index is 12.6. The summed E-state index contributed by atoms with van der Waals surface area (Å²) in [6.07, 6.45) is 3.21. The van der Waals surface area contributed by atoms with Crippen LogP contribution < -0.4 is 9.47 Å². The Morgan fingerprint density at radius 2 is 2.07 bits per heavy atom. The van der Waals surface area contributed by atoms with Crippen LogP contribution in [0.2, 0.25) is 0 Å². The van der Waals surface area contributed by atoms with Crippen LogP contribution in [0.15, 0.2) is 29.7 Å². The molecule has 7 nitrogen and oxygen atoms in total. The summed E-state index contributed by atoms with van der Waals surface area (Å²) in [5.74, 6) is -0.123. The molecule has 144 valence electrons. The molecule has 0 bridgehead atoms. The van der Waals surface area contributed by atoms with E-state index in [1.54, 1.807) is 24.3 Å². The van der Waals surface area contributed by atoms with Gasteiger partial charge in [-0.05, 0) is 65.0 Å². The lowest BCUT2D eigenvalue weighted by Gasteiger charge is -2.18. The zero-order chi connectivity index (χ0) is 20.1. The molecule has 1 aromatic carbocycles. The Labute approximate surface area is 174 Å². The van der Waals surface area contributed by atoms with E-state index in [2.05, 4.69) is 33.9 Å². The van der Waals surface area contributed by atoms with Gasteiger partial charge in [-0.1, -0.05) is 12.7 Å². The van der Waals surface area contributed by atoms with Gasteiger partial charge in [-0.15, -0.1) is 0 Å². The predicted octanol–water partition coefficient (Wildman–Crippen LogP) is 3.46. The number of imide groups is 1. The van der Waals surface area contributed by atoms with Crippen LogP contribution in [0, 0.1) is 3.57 Å². The first-order valence-corrected chi connectivity index (χ1v) is 9.69. The number of halogens is 1. The van der Waals surface area contributed by atoms with Crippen molar-refractivity contribution in [2.24, 2.45) is 0 Å². The quantitative estimate of drug-likeness (QED) is 0.244. The van der Waals surface area contributed by atoms with Crippen LogP contribution in [0.5, 0.6) is 11.5 Å². The number of rotatable bonds is 7. The van der Waals surface area contributed by atoms with Crippen LogP contribution in [0.1, 0.15) is 12.5 Å². The van der Waals surface area contributed by atoms with Gasteiger partial charge in [-0.25, -0.2) is 4.79 Å². The Bertz CT molecular complexity index is 822. The molecule has 9 heteroatoms. The van der Waals surface area contributed by atoms with Crippen LogP contribution in [-0.2, 0) is 14.3 Å². The van der Waals surface area contributed by atoms with E-state index in [0.717, 1.165) is 20.2 Å². The molecular formula is C18H18INO6S. The number of hydrogen-bond donors (Lipinski definition) is 0. The average molecular weight is 503 g/mol. The van der Waals surface area contributed by atoms with E-state index in [0.29, 0.717) is 23.7 Å². The molecule has 2 rings (SSSR count). The average Bonchev–Trinajstić information content (AvgIpc) is 2.92. The van der Waals surface area contributed by atoms with Gasteiger partial charge < -0.3 is 14.2 Å². The standard InChI is InChI=1S/C18H18INO6S/c1-5-6-26-15-12(19)7-11(8-13(15)24-3)9-14-16(21)20(18(23)27-14)10(2)17(22)25-4/h5,7-10H,1,6H2,2-4H3/b14-9-/t10-/m0/s1. The number of carbonyl (C=O) groups is 3. The van der Waals surface area contributed by atoms with E-state index >= 15 is 0 Å². The van der Waals surface area contributed by atoms with Gasteiger partial charge in [0.25, 0.3) is 11.1 Å².